The summed E-state index contributed by atoms with van der Waals surface area (Å²) in [7, 11) is 1.38. The molecule has 6 N–H and O–H groups in total. The largest absolute Gasteiger partial charge is 0.496 e. The van der Waals surface area contributed by atoms with E-state index in [-0.39, 0.29) is 34.9 Å². The van der Waals surface area contributed by atoms with Crippen LogP contribution in [-0.2, 0) is 6.54 Å². The number of nitrogens with zero attached hydrogens (tertiary/aromatic N) is 2. The number of hydrogen-bond acceptors (Lipinski definition) is 5. The van der Waals surface area contributed by atoms with Crippen LogP contribution in [0.4, 0.5) is 19.0 Å². The summed E-state index contributed by atoms with van der Waals surface area (Å²) >= 11 is 0. The fourth-order valence-corrected chi connectivity index (χ4v) is 4.03. The molecule has 12 heteroatoms. The van der Waals surface area contributed by atoms with E-state index in [1.54, 1.807) is 24.4 Å². The van der Waals surface area contributed by atoms with E-state index in [0.29, 0.717) is 22.0 Å². The second-order valence-electron chi connectivity index (χ2n) is 7.95. The second kappa shape index (κ2) is 10.0. The number of benzene rings is 2. The van der Waals surface area contributed by atoms with Crippen molar-refractivity contribution in [3.63, 3.8) is 0 Å². The maximum Gasteiger partial charge on any atom is 0.255 e. The van der Waals surface area contributed by atoms with E-state index in [2.05, 4.69) is 15.4 Å². The summed E-state index contributed by atoms with van der Waals surface area (Å²) in [5, 5.41) is 7.56. The number of nitrogens with one attached hydrogen (secondary N) is 2. The molecule has 9 nitrogen and oxygen atoms in total. The van der Waals surface area contributed by atoms with Gasteiger partial charge in [0.2, 0.25) is 0 Å². The molecule has 0 aliphatic heterocycles. The molecule has 0 unspecified atom stereocenters. The average molecular weight is 500 g/mol. The van der Waals surface area contributed by atoms with E-state index in [4.69, 9.17) is 16.2 Å². The number of amides is 2. The maximum absolute atomic E-state index is 13.7. The Morgan fingerprint density at radius 1 is 1.19 bits per heavy atom. The van der Waals surface area contributed by atoms with Crippen molar-refractivity contribution in [2.24, 2.45) is 5.73 Å². The van der Waals surface area contributed by atoms with Crippen molar-refractivity contribution >= 4 is 28.5 Å². The first-order chi connectivity index (χ1) is 17.3. The van der Waals surface area contributed by atoms with E-state index in [0.717, 1.165) is 10.7 Å². The number of nitrogen functional groups attached to an aromatic ring is 1. The van der Waals surface area contributed by atoms with Gasteiger partial charge in [-0.2, -0.15) is 5.10 Å². The minimum atomic E-state index is -1.30. The lowest BCUT2D eigenvalue weighted by Crippen LogP contribution is -2.23. The molecule has 0 aliphatic rings. The van der Waals surface area contributed by atoms with Gasteiger partial charge in [0, 0.05) is 23.7 Å². The van der Waals surface area contributed by atoms with Crippen molar-refractivity contribution in [3.8, 4) is 17.0 Å². The van der Waals surface area contributed by atoms with Crippen LogP contribution in [0.1, 0.15) is 32.3 Å². The first kappa shape index (κ1) is 24.6. The third-order valence-corrected chi connectivity index (χ3v) is 5.81. The number of carbonyl (C=O) groups excluding carboxylic acids is 2. The van der Waals surface area contributed by atoms with E-state index < -0.39 is 37.0 Å². The SMILES string of the molecule is COc1ccc(F)cc1C(=O)NCc1ccc(-c2nn(C(CF)CF)c(N)c2C(N)=O)c2cc[nH]c12. The molecule has 2 aromatic carbocycles. The number of nitrogens with two attached hydrogens (primary N) is 2. The quantitative estimate of drug-likeness (QED) is 0.279. The molecule has 0 bridgehead atoms. The van der Waals surface area contributed by atoms with Crippen LogP contribution in [0.2, 0.25) is 0 Å². The van der Waals surface area contributed by atoms with Crippen molar-refractivity contribution in [2.45, 2.75) is 12.6 Å². The number of hydrogen-bond donors (Lipinski definition) is 4. The molecular weight excluding hydrogens is 477 g/mol. The molecule has 0 saturated carbocycles. The fourth-order valence-electron chi connectivity index (χ4n) is 4.03. The van der Waals surface area contributed by atoms with Crippen LogP contribution in [0, 0.1) is 5.82 Å². The number of fused-ring (bicyclic) bond motifs is 1. The van der Waals surface area contributed by atoms with Gasteiger partial charge < -0.3 is 26.5 Å². The zero-order valence-corrected chi connectivity index (χ0v) is 19.1. The monoisotopic (exact) mass is 500 g/mol. The smallest absolute Gasteiger partial charge is 0.255 e. The normalized spacial score (nSPS) is 11.2. The predicted octanol–water partition coefficient (Wildman–Crippen LogP) is 3.27. The van der Waals surface area contributed by atoms with E-state index >= 15 is 0 Å². The Labute approximate surface area is 203 Å². The van der Waals surface area contributed by atoms with Crippen molar-refractivity contribution in [1.29, 1.82) is 0 Å². The molecule has 0 atom stereocenters. The van der Waals surface area contributed by atoms with Crippen LogP contribution in [0.5, 0.6) is 5.75 Å². The number of methoxy groups -OCH3 is 1. The number of aromatic nitrogens is 3. The Kier molecular flexibility index (Phi) is 6.86. The van der Waals surface area contributed by atoms with Crippen LogP contribution in [0.3, 0.4) is 0 Å². The summed E-state index contributed by atoms with van der Waals surface area (Å²) in [5.41, 5.74) is 13.2. The van der Waals surface area contributed by atoms with Gasteiger partial charge in [-0.15, -0.1) is 0 Å². The minimum absolute atomic E-state index is 0.0410. The summed E-state index contributed by atoms with van der Waals surface area (Å²) in [6, 6.07) is 7.36. The lowest BCUT2D eigenvalue weighted by atomic mass is 10.00. The lowest BCUT2D eigenvalue weighted by molar-refractivity contribution is 0.0946. The Bertz CT molecular complexity index is 1440. The predicted molar refractivity (Wildman–Crippen MR) is 128 cm³/mol. The Morgan fingerprint density at radius 2 is 1.94 bits per heavy atom. The molecule has 0 radical (unpaired) electrons. The number of anilines is 1. The van der Waals surface area contributed by atoms with Crippen LogP contribution >= 0.6 is 0 Å². The van der Waals surface area contributed by atoms with Gasteiger partial charge in [0.1, 0.15) is 48.0 Å². The Morgan fingerprint density at radius 3 is 2.61 bits per heavy atom. The second-order valence-corrected chi connectivity index (χ2v) is 7.95. The molecule has 2 amide bonds. The molecule has 4 rings (SSSR count). The number of ether oxygens (including phenoxy) is 1. The van der Waals surface area contributed by atoms with Gasteiger partial charge in [-0.3, -0.25) is 9.59 Å². The van der Waals surface area contributed by atoms with E-state index in [9.17, 15) is 22.8 Å². The highest BCUT2D eigenvalue weighted by Crippen LogP contribution is 2.35. The molecular formula is C24H23F3N6O3. The summed E-state index contributed by atoms with van der Waals surface area (Å²) < 4.78 is 46.4. The number of primary amides is 1. The zero-order valence-electron chi connectivity index (χ0n) is 19.1. The molecule has 0 spiro atoms. The van der Waals surface area contributed by atoms with Crippen molar-refractivity contribution in [1.82, 2.24) is 20.1 Å². The third-order valence-electron chi connectivity index (χ3n) is 5.81. The molecule has 0 saturated heterocycles. The standard InChI is InChI=1S/C24H23F3N6O3/c1-36-18-5-3-13(27)8-17(18)24(35)31-11-12-2-4-15(16-6-7-30-20(12)16)21-19(23(29)34)22(28)33(32-21)14(9-25)10-26/h2-8,14,30H,9-11,28H2,1H3,(H2,29,34)(H,31,35). The summed E-state index contributed by atoms with van der Waals surface area (Å²) in [4.78, 5) is 27.9. The number of H-pyrrole nitrogens is 1. The van der Waals surface area contributed by atoms with Crippen LogP contribution < -0.4 is 21.5 Å². The Hall–Kier alpha value is -4.48. The number of alkyl halides is 2. The van der Waals surface area contributed by atoms with Gasteiger partial charge in [0.05, 0.1) is 18.2 Å². The van der Waals surface area contributed by atoms with E-state index in [1.165, 1.54) is 19.2 Å². The molecule has 36 heavy (non-hydrogen) atoms. The van der Waals surface area contributed by atoms with Gasteiger partial charge >= 0.3 is 0 Å². The first-order valence-corrected chi connectivity index (χ1v) is 10.8. The topological polar surface area (TPSA) is 141 Å². The summed E-state index contributed by atoms with van der Waals surface area (Å²) in [6.45, 7) is -2.08. The van der Waals surface area contributed by atoms with E-state index in [1.807, 2.05) is 0 Å². The van der Waals surface area contributed by atoms with Crippen molar-refractivity contribution in [3.05, 3.63) is 65.1 Å². The van der Waals surface area contributed by atoms with Gasteiger partial charge in [-0.05, 0) is 29.8 Å². The Balaban J connectivity index is 1.71. The van der Waals surface area contributed by atoms with Crippen LogP contribution in [0.15, 0.2) is 42.6 Å². The van der Waals surface area contributed by atoms with Gasteiger partial charge in [-0.25, -0.2) is 17.9 Å². The van der Waals surface area contributed by atoms with Crippen molar-refractivity contribution in [2.75, 3.05) is 26.2 Å². The number of carbonyl (C=O) groups is 2. The van der Waals surface area contributed by atoms with Gasteiger partial charge in [0.25, 0.3) is 11.8 Å². The first-order valence-electron chi connectivity index (χ1n) is 10.8. The third kappa shape index (κ3) is 4.32. The van der Waals surface area contributed by atoms with Crippen LogP contribution in [0.25, 0.3) is 22.2 Å². The van der Waals surface area contributed by atoms with Gasteiger partial charge in [0.15, 0.2) is 0 Å². The molecule has 4 aromatic rings. The highest BCUT2D eigenvalue weighted by molar-refractivity contribution is 6.07. The number of rotatable bonds is 9. The molecule has 0 aliphatic carbocycles. The fraction of sp³-hybridized carbons (Fsp3) is 0.208. The maximum atomic E-state index is 13.7. The molecule has 188 valence electrons. The van der Waals surface area contributed by atoms with Crippen molar-refractivity contribution < 1.29 is 27.5 Å². The highest BCUT2D eigenvalue weighted by Gasteiger charge is 2.27. The molecule has 0 fully saturated rings. The highest BCUT2D eigenvalue weighted by atomic mass is 19.1. The zero-order chi connectivity index (χ0) is 26.0. The lowest BCUT2D eigenvalue weighted by Gasteiger charge is -2.11. The average Bonchev–Trinajstić information content (AvgIpc) is 3.49. The summed E-state index contributed by atoms with van der Waals surface area (Å²) in [6.07, 6.45) is 1.64. The number of halogens is 3. The molecule has 2 aromatic heterocycles. The minimum Gasteiger partial charge on any atom is -0.496 e. The summed E-state index contributed by atoms with van der Waals surface area (Å²) in [5.74, 6) is -2.03. The van der Waals surface area contributed by atoms with Crippen LogP contribution in [-0.4, -0.2) is 47.0 Å². The van der Waals surface area contributed by atoms with Gasteiger partial charge in [-0.1, -0.05) is 12.1 Å². The number of aromatic amines is 1. The molecule has 2 heterocycles.